The average Bonchev–Trinajstić information content (AvgIpc) is 3.16. The van der Waals surface area contributed by atoms with E-state index in [1.807, 2.05) is 60.0 Å². The molecule has 0 amide bonds. The molecule has 3 aromatic carbocycles. The average molecular weight is 473 g/mol. The molecule has 0 saturated heterocycles. The molecule has 0 fully saturated rings. The minimum Gasteiger partial charge on any atom is -1.00 e. The summed E-state index contributed by atoms with van der Waals surface area (Å²) in [7, 11) is 0. The molecule has 0 aliphatic carbocycles. The number of hydrogen-bond donors (Lipinski definition) is 2. The summed E-state index contributed by atoms with van der Waals surface area (Å²) in [4.78, 5) is 28.4. The number of anilines is 1. The van der Waals surface area contributed by atoms with Crippen molar-refractivity contribution < 1.29 is 30.2 Å². The number of aromatic nitrogens is 4. The predicted molar refractivity (Wildman–Crippen MR) is 136 cm³/mol. The summed E-state index contributed by atoms with van der Waals surface area (Å²) < 4.78 is 3.32. The first kappa shape index (κ1) is 25.0. The molecule has 0 atom stereocenters. The Morgan fingerprint density at radius 3 is 2.47 bits per heavy atom. The minimum absolute atomic E-state index is 0. The van der Waals surface area contributed by atoms with E-state index in [0.717, 1.165) is 27.7 Å². The molecule has 0 aliphatic rings. The van der Waals surface area contributed by atoms with Crippen LogP contribution in [-0.2, 0) is 13.1 Å². The SMILES string of the molecule is Cc1cc(=O)n(Cc2cccc(C(=O)O)c2)nc1-c1cccc(Cn2c(N)nc3ccccc32)c1.[H-].[Li+]. The van der Waals surface area contributed by atoms with Crippen molar-refractivity contribution in [3.05, 3.63) is 111 Å². The number of aromatic carboxylic acids is 1. The second-order valence-corrected chi connectivity index (χ2v) is 8.42. The van der Waals surface area contributed by atoms with Crippen molar-refractivity contribution in [3.63, 3.8) is 0 Å². The van der Waals surface area contributed by atoms with E-state index in [1.165, 1.54) is 10.7 Å². The van der Waals surface area contributed by atoms with E-state index in [4.69, 9.17) is 5.73 Å². The molecule has 0 saturated carbocycles. The van der Waals surface area contributed by atoms with Gasteiger partial charge in [-0.25, -0.2) is 14.5 Å². The van der Waals surface area contributed by atoms with Gasteiger partial charge in [-0.1, -0.05) is 42.5 Å². The number of aryl methyl sites for hydroxylation is 1. The topological polar surface area (TPSA) is 116 Å². The Kier molecular flexibility index (Phi) is 7.11. The molecule has 2 aromatic heterocycles. The van der Waals surface area contributed by atoms with Crippen LogP contribution < -0.4 is 30.2 Å². The quantitative estimate of drug-likeness (QED) is 0.357. The molecular formula is C27H24LiN5O3. The number of carboxylic acids is 1. The number of imidazole rings is 1. The van der Waals surface area contributed by atoms with E-state index in [-0.39, 0.29) is 38.0 Å². The Bertz CT molecular complexity index is 1650. The van der Waals surface area contributed by atoms with Gasteiger partial charge in [-0.3, -0.25) is 4.79 Å². The first-order chi connectivity index (χ1) is 16.9. The molecule has 36 heavy (non-hydrogen) atoms. The summed E-state index contributed by atoms with van der Waals surface area (Å²) in [5.41, 5.74) is 11.9. The van der Waals surface area contributed by atoms with Gasteiger partial charge in [0.05, 0.1) is 35.4 Å². The van der Waals surface area contributed by atoms with Gasteiger partial charge < -0.3 is 16.8 Å². The zero-order chi connectivity index (χ0) is 24.5. The first-order valence-electron chi connectivity index (χ1n) is 11.1. The second-order valence-electron chi connectivity index (χ2n) is 8.42. The Labute approximate surface area is 220 Å². The van der Waals surface area contributed by atoms with Crippen LogP contribution in [-0.4, -0.2) is 30.4 Å². The molecule has 3 N–H and O–H groups in total. The standard InChI is InChI=1S/C27H23N5O3.Li.H/c1-17-12-24(33)32(16-19-7-5-9-21(14-19)26(34)35)30-25(17)20-8-4-6-18(13-20)15-31-23-11-3-2-10-22(23)29-27(31)28;;/h2-14H,15-16H2,1H3,(H2,28,29)(H,34,35);;/q;+1;-1. The van der Waals surface area contributed by atoms with Crippen LogP contribution in [0, 0.1) is 6.92 Å². The number of carbonyl (C=O) groups is 1. The van der Waals surface area contributed by atoms with Gasteiger partial charge in [0.25, 0.3) is 5.56 Å². The zero-order valence-electron chi connectivity index (χ0n) is 21.0. The summed E-state index contributed by atoms with van der Waals surface area (Å²) in [6.45, 7) is 2.57. The van der Waals surface area contributed by atoms with Gasteiger partial charge in [-0.05, 0) is 53.9 Å². The van der Waals surface area contributed by atoms with Crippen molar-refractivity contribution in [2.75, 3.05) is 5.73 Å². The molecule has 5 rings (SSSR count). The van der Waals surface area contributed by atoms with Gasteiger partial charge in [0.1, 0.15) is 0 Å². The molecule has 176 valence electrons. The molecule has 9 heteroatoms. The van der Waals surface area contributed by atoms with Gasteiger partial charge in [0.2, 0.25) is 5.95 Å². The number of rotatable bonds is 6. The maximum atomic E-state index is 12.6. The summed E-state index contributed by atoms with van der Waals surface area (Å²) in [6.07, 6.45) is 0. The number of nitrogens with zero attached hydrogens (tertiary/aromatic N) is 4. The van der Waals surface area contributed by atoms with E-state index < -0.39 is 5.97 Å². The van der Waals surface area contributed by atoms with Crippen molar-refractivity contribution in [2.45, 2.75) is 20.0 Å². The smallest absolute Gasteiger partial charge is 1.00 e. The maximum absolute atomic E-state index is 12.6. The normalized spacial score (nSPS) is 10.8. The van der Waals surface area contributed by atoms with E-state index in [9.17, 15) is 14.7 Å². The van der Waals surface area contributed by atoms with Crippen LogP contribution in [0.1, 0.15) is 28.5 Å². The van der Waals surface area contributed by atoms with Crippen LogP contribution in [0.5, 0.6) is 0 Å². The minimum atomic E-state index is -1.01. The van der Waals surface area contributed by atoms with Crippen LogP contribution in [0.15, 0.2) is 83.7 Å². The van der Waals surface area contributed by atoms with Gasteiger partial charge in [-0.2, -0.15) is 5.10 Å². The molecule has 0 radical (unpaired) electrons. The van der Waals surface area contributed by atoms with Gasteiger partial charge in [-0.15, -0.1) is 0 Å². The number of nitrogens with two attached hydrogens (primary N) is 1. The monoisotopic (exact) mass is 473 g/mol. The van der Waals surface area contributed by atoms with E-state index in [1.54, 1.807) is 24.3 Å². The van der Waals surface area contributed by atoms with Crippen LogP contribution in [0.4, 0.5) is 5.95 Å². The van der Waals surface area contributed by atoms with Crippen molar-refractivity contribution >= 4 is 23.0 Å². The molecule has 8 nitrogen and oxygen atoms in total. The van der Waals surface area contributed by atoms with Crippen LogP contribution in [0.3, 0.4) is 0 Å². The van der Waals surface area contributed by atoms with Crippen molar-refractivity contribution in [1.82, 2.24) is 19.3 Å². The van der Waals surface area contributed by atoms with Crippen molar-refractivity contribution in [2.24, 2.45) is 0 Å². The molecule has 0 bridgehead atoms. The summed E-state index contributed by atoms with van der Waals surface area (Å²) >= 11 is 0. The fourth-order valence-corrected chi connectivity index (χ4v) is 4.21. The fraction of sp³-hybridized carbons (Fsp3) is 0.111. The fourth-order valence-electron chi connectivity index (χ4n) is 4.21. The number of fused-ring (bicyclic) bond motifs is 1. The van der Waals surface area contributed by atoms with Crippen LogP contribution >= 0.6 is 0 Å². The molecule has 0 unspecified atom stereocenters. The number of nitrogen functional groups attached to an aromatic ring is 1. The molecule has 2 heterocycles. The maximum Gasteiger partial charge on any atom is 1.00 e. The van der Waals surface area contributed by atoms with Gasteiger partial charge in [0.15, 0.2) is 0 Å². The Morgan fingerprint density at radius 2 is 1.69 bits per heavy atom. The predicted octanol–water partition coefficient (Wildman–Crippen LogP) is 1.06. The van der Waals surface area contributed by atoms with Crippen molar-refractivity contribution in [1.29, 1.82) is 0 Å². The number of benzene rings is 3. The van der Waals surface area contributed by atoms with Gasteiger partial charge >= 0.3 is 24.8 Å². The van der Waals surface area contributed by atoms with Crippen LogP contribution in [0.2, 0.25) is 0 Å². The summed E-state index contributed by atoms with van der Waals surface area (Å²) in [5, 5.41) is 13.9. The molecule has 0 aliphatic heterocycles. The van der Waals surface area contributed by atoms with Gasteiger partial charge in [0, 0.05) is 11.6 Å². The van der Waals surface area contributed by atoms with Crippen molar-refractivity contribution in [3.8, 4) is 11.3 Å². The summed E-state index contributed by atoms with van der Waals surface area (Å²) in [5.74, 6) is -0.567. The number of hydrogen-bond acceptors (Lipinski definition) is 5. The van der Waals surface area contributed by atoms with Crippen LogP contribution in [0.25, 0.3) is 22.3 Å². The second kappa shape index (κ2) is 10.2. The Morgan fingerprint density at radius 1 is 0.972 bits per heavy atom. The molecule has 0 spiro atoms. The third-order valence-electron chi connectivity index (χ3n) is 5.92. The Hall–Kier alpha value is -4.12. The third kappa shape index (κ3) is 4.96. The Balaban J connectivity index is 0.00000190. The van der Waals surface area contributed by atoms with E-state index >= 15 is 0 Å². The first-order valence-corrected chi connectivity index (χ1v) is 11.1. The molecular weight excluding hydrogens is 449 g/mol. The largest absolute Gasteiger partial charge is 1.00 e. The number of para-hydroxylation sites is 2. The van der Waals surface area contributed by atoms with E-state index in [0.29, 0.717) is 23.8 Å². The third-order valence-corrected chi connectivity index (χ3v) is 5.92. The van der Waals surface area contributed by atoms with E-state index in [2.05, 4.69) is 10.1 Å². The summed E-state index contributed by atoms with van der Waals surface area (Å²) in [6, 6.07) is 23.8. The zero-order valence-corrected chi connectivity index (χ0v) is 20.0. The molecule has 5 aromatic rings. The number of carboxylic acid groups (broad SMARTS) is 1.